The van der Waals surface area contributed by atoms with Crippen LogP contribution in [0.25, 0.3) is 11.0 Å². The van der Waals surface area contributed by atoms with Crippen molar-refractivity contribution >= 4 is 27.0 Å². The molecule has 4 heteroatoms. The number of halogens is 1. The minimum Gasteiger partial charge on any atom is -0.329 e. The molecular formula is C13H16BrN3. The van der Waals surface area contributed by atoms with Crippen molar-refractivity contribution in [2.75, 3.05) is 0 Å². The Morgan fingerprint density at radius 3 is 2.94 bits per heavy atom. The summed E-state index contributed by atoms with van der Waals surface area (Å²) in [6.07, 6.45) is 2.62. The zero-order chi connectivity index (χ0) is 12.0. The number of hydrogen-bond acceptors (Lipinski definition) is 2. The van der Waals surface area contributed by atoms with Crippen LogP contribution >= 0.6 is 15.9 Å². The van der Waals surface area contributed by atoms with E-state index in [0.717, 1.165) is 28.4 Å². The average molecular weight is 294 g/mol. The molecule has 1 aromatic carbocycles. The molecule has 90 valence electrons. The Hall–Kier alpha value is -0.870. The van der Waals surface area contributed by atoms with Gasteiger partial charge >= 0.3 is 0 Å². The van der Waals surface area contributed by atoms with E-state index in [0.29, 0.717) is 0 Å². The summed E-state index contributed by atoms with van der Waals surface area (Å²) in [5.41, 5.74) is 3.50. The summed E-state index contributed by atoms with van der Waals surface area (Å²) >= 11 is 3.62. The van der Waals surface area contributed by atoms with E-state index >= 15 is 0 Å². The molecule has 0 unspecified atom stereocenters. The second kappa shape index (κ2) is 4.10. The van der Waals surface area contributed by atoms with Gasteiger partial charge < -0.3 is 9.88 Å². The number of nitrogens with one attached hydrogen (secondary N) is 1. The molecule has 0 bridgehead atoms. The molecule has 0 aliphatic heterocycles. The number of benzene rings is 1. The van der Waals surface area contributed by atoms with Gasteiger partial charge in [0.2, 0.25) is 0 Å². The van der Waals surface area contributed by atoms with Crippen LogP contribution in [0.2, 0.25) is 0 Å². The molecule has 1 aliphatic rings. The Balaban J connectivity index is 2.01. The summed E-state index contributed by atoms with van der Waals surface area (Å²) in [7, 11) is 2.08. The second-order valence-corrected chi connectivity index (χ2v) is 5.71. The Bertz CT molecular complexity index is 570. The van der Waals surface area contributed by atoms with Gasteiger partial charge in [-0.3, -0.25) is 0 Å². The third kappa shape index (κ3) is 2.11. The molecule has 0 spiro atoms. The van der Waals surface area contributed by atoms with Crippen LogP contribution in [0.5, 0.6) is 0 Å². The molecule has 3 nitrogen and oxygen atoms in total. The summed E-state index contributed by atoms with van der Waals surface area (Å²) in [6, 6.07) is 5.00. The molecule has 0 saturated heterocycles. The van der Waals surface area contributed by atoms with Gasteiger partial charge in [-0.25, -0.2) is 4.98 Å². The first-order chi connectivity index (χ1) is 8.15. The molecule has 1 aromatic heterocycles. The molecule has 0 atom stereocenters. The number of hydrogen-bond donors (Lipinski definition) is 1. The number of rotatable bonds is 3. The van der Waals surface area contributed by atoms with Crippen LogP contribution < -0.4 is 5.32 Å². The van der Waals surface area contributed by atoms with Crippen LogP contribution in [0.15, 0.2) is 16.6 Å². The van der Waals surface area contributed by atoms with Crippen molar-refractivity contribution in [3.8, 4) is 0 Å². The molecule has 1 aliphatic carbocycles. The molecule has 17 heavy (non-hydrogen) atoms. The molecule has 1 fully saturated rings. The lowest BCUT2D eigenvalue weighted by molar-refractivity contribution is 0.639. The van der Waals surface area contributed by atoms with Gasteiger partial charge in [0, 0.05) is 17.6 Å². The second-order valence-electron chi connectivity index (χ2n) is 4.86. The van der Waals surface area contributed by atoms with Crippen LogP contribution in [-0.4, -0.2) is 15.6 Å². The van der Waals surface area contributed by atoms with Crippen LogP contribution in [0.1, 0.15) is 24.2 Å². The highest BCUT2D eigenvalue weighted by molar-refractivity contribution is 9.10. The van der Waals surface area contributed by atoms with E-state index in [1.807, 2.05) is 0 Å². The molecule has 2 aromatic rings. The van der Waals surface area contributed by atoms with Crippen molar-refractivity contribution < 1.29 is 0 Å². The summed E-state index contributed by atoms with van der Waals surface area (Å²) < 4.78 is 3.30. The third-order valence-electron chi connectivity index (χ3n) is 3.29. The zero-order valence-electron chi connectivity index (χ0n) is 10.1. The topological polar surface area (TPSA) is 29.9 Å². The highest BCUT2D eigenvalue weighted by Gasteiger charge is 2.21. The number of fused-ring (bicyclic) bond motifs is 1. The molecular weight excluding hydrogens is 278 g/mol. The first kappa shape index (κ1) is 11.2. The first-order valence-corrected chi connectivity index (χ1v) is 6.79. The standard InChI is InChI=1S/C13H16BrN3/c1-8-5-10(14)13-11(6-8)16-12(17(13)2)7-15-9-3-4-9/h5-6,9,15H,3-4,7H2,1-2H3. The SMILES string of the molecule is Cc1cc(Br)c2c(c1)nc(CNC1CC1)n2C. The van der Waals surface area contributed by atoms with Gasteiger partial charge in [-0.1, -0.05) is 0 Å². The van der Waals surface area contributed by atoms with E-state index in [1.54, 1.807) is 0 Å². The van der Waals surface area contributed by atoms with E-state index < -0.39 is 0 Å². The van der Waals surface area contributed by atoms with E-state index in [4.69, 9.17) is 4.98 Å². The fourth-order valence-electron chi connectivity index (χ4n) is 2.16. The minimum atomic E-state index is 0.722. The highest BCUT2D eigenvalue weighted by Crippen LogP contribution is 2.26. The molecule has 1 N–H and O–H groups in total. The van der Waals surface area contributed by atoms with E-state index in [1.165, 1.54) is 23.9 Å². The van der Waals surface area contributed by atoms with Crippen LogP contribution in [-0.2, 0) is 13.6 Å². The van der Waals surface area contributed by atoms with Crippen LogP contribution in [0.4, 0.5) is 0 Å². The van der Waals surface area contributed by atoms with Crippen LogP contribution in [0, 0.1) is 6.92 Å². The Labute approximate surface area is 109 Å². The normalized spacial score (nSPS) is 15.7. The fraction of sp³-hybridized carbons (Fsp3) is 0.462. The predicted molar refractivity (Wildman–Crippen MR) is 73.0 cm³/mol. The largest absolute Gasteiger partial charge is 0.329 e. The quantitative estimate of drug-likeness (QED) is 0.943. The van der Waals surface area contributed by atoms with Gasteiger partial charge in [0.25, 0.3) is 0 Å². The van der Waals surface area contributed by atoms with Gasteiger partial charge in [-0.2, -0.15) is 0 Å². The van der Waals surface area contributed by atoms with Gasteiger partial charge in [-0.05, 0) is 53.4 Å². The van der Waals surface area contributed by atoms with Gasteiger partial charge in [0.1, 0.15) is 5.82 Å². The first-order valence-electron chi connectivity index (χ1n) is 6.00. The molecule has 1 heterocycles. The van der Waals surface area contributed by atoms with Crippen LogP contribution in [0.3, 0.4) is 0 Å². The number of imidazole rings is 1. The van der Waals surface area contributed by atoms with Crippen molar-refractivity contribution in [1.82, 2.24) is 14.9 Å². The lowest BCUT2D eigenvalue weighted by atomic mass is 10.2. The maximum absolute atomic E-state index is 4.70. The summed E-state index contributed by atoms with van der Waals surface area (Å²) in [5, 5.41) is 3.51. The van der Waals surface area contributed by atoms with Crippen molar-refractivity contribution in [3.05, 3.63) is 28.0 Å². The maximum atomic E-state index is 4.70. The lowest BCUT2D eigenvalue weighted by Gasteiger charge is -2.04. The number of nitrogens with zero attached hydrogens (tertiary/aromatic N) is 2. The van der Waals surface area contributed by atoms with Gasteiger partial charge in [-0.15, -0.1) is 0 Å². The van der Waals surface area contributed by atoms with Crippen molar-refractivity contribution in [2.45, 2.75) is 32.4 Å². The Kier molecular flexibility index (Phi) is 2.71. The third-order valence-corrected chi connectivity index (χ3v) is 3.89. The summed E-state index contributed by atoms with van der Waals surface area (Å²) in [4.78, 5) is 4.70. The molecule has 3 rings (SSSR count). The number of aryl methyl sites for hydroxylation is 2. The molecule has 1 saturated carbocycles. The molecule has 0 amide bonds. The van der Waals surface area contributed by atoms with E-state index in [2.05, 4.69) is 51.9 Å². The highest BCUT2D eigenvalue weighted by atomic mass is 79.9. The predicted octanol–water partition coefficient (Wildman–Crippen LogP) is 2.90. The van der Waals surface area contributed by atoms with Crippen molar-refractivity contribution in [1.29, 1.82) is 0 Å². The fourth-order valence-corrected chi connectivity index (χ4v) is 2.99. The minimum absolute atomic E-state index is 0.722. The lowest BCUT2D eigenvalue weighted by Crippen LogP contribution is -2.18. The Morgan fingerprint density at radius 2 is 2.24 bits per heavy atom. The Morgan fingerprint density at radius 1 is 1.47 bits per heavy atom. The van der Waals surface area contributed by atoms with E-state index in [-0.39, 0.29) is 0 Å². The zero-order valence-corrected chi connectivity index (χ0v) is 11.7. The summed E-state index contributed by atoms with van der Waals surface area (Å²) in [6.45, 7) is 2.96. The van der Waals surface area contributed by atoms with Crippen molar-refractivity contribution in [2.24, 2.45) is 7.05 Å². The molecule has 0 radical (unpaired) electrons. The maximum Gasteiger partial charge on any atom is 0.123 e. The van der Waals surface area contributed by atoms with E-state index in [9.17, 15) is 0 Å². The summed E-state index contributed by atoms with van der Waals surface area (Å²) in [5.74, 6) is 1.11. The van der Waals surface area contributed by atoms with Gasteiger partial charge in [0.15, 0.2) is 0 Å². The monoisotopic (exact) mass is 293 g/mol. The van der Waals surface area contributed by atoms with Gasteiger partial charge in [0.05, 0.1) is 17.6 Å². The number of aromatic nitrogens is 2. The van der Waals surface area contributed by atoms with Crippen molar-refractivity contribution in [3.63, 3.8) is 0 Å². The smallest absolute Gasteiger partial charge is 0.123 e. The average Bonchev–Trinajstić information content (AvgIpc) is 3.01.